The molecule has 2 aromatic carbocycles. The lowest BCUT2D eigenvalue weighted by atomic mass is 10.1. The predicted molar refractivity (Wildman–Crippen MR) is 91.2 cm³/mol. The first kappa shape index (κ1) is 16.0. The van der Waals surface area contributed by atoms with Crippen LogP contribution in [0.1, 0.15) is 21.8 Å². The lowest BCUT2D eigenvalue weighted by Gasteiger charge is -1.99. The van der Waals surface area contributed by atoms with Crippen molar-refractivity contribution in [2.45, 2.75) is 0 Å². The van der Waals surface area contributed by atoms with E-state index < -0.39 is 0 Å². The first-order valence-corrected chi connectivity index (χ1v) is 7.50. The Kier molecular flexibility index (Phi) is 4.72. The molecule has 0 aliphatic rings. The van der Waals surface area contributed by atoms with Gasteiger partial charge in [0.15, 0.2) is 0 Å². The van der Waals surface area contributed by atoms with Crippen LogP contribution in [0, 0.1) is 0 Å². The summed E-state index contributed by atoms with van der Waals surface area (Å²) in [5.74, 6) is 0.312. The smallest absolute Gasteiger partial charge is 0.337 e. The maximum absolute atomic E-state index is 11.4. The number of ether oxygens (including phenoxy) is 1. The van der Waals surface area contributed by atoms with Gasteiger partial charge in [-0.15, -0.1) is 0 Å². The third-order valence-electron chi connectivity index (χ3n) is 3.29. The van der Waals surface area contributed by atoms with E-state index >= 15 is 0 Å². The molecule has 0 fully saturated rings. The molecule has 0 aliphatic heterocycles. The summed E-state index contributed by atoms with van der Waals surface area (Å²) in [5.41, 5.74) is 2.11. The Morgan fingerprint density at radius 1 is 1.12 bits per heavy atom. The third-order valence-corrected chi connectivity index (χ3v) is 3.56. The minimum absolute atomic E-state index is 0.229. The highest BCUT2D eigenvalue weighted by Gasteiger charge is 2.11. The lowest BCUT2D eigenvalue weighted by molar-refractivity contribution is 0.0600. The van der Waals surface area contributed by atoms with E-state index in [1.54, 1.807) is 30.3 Å². The van der Waals surface area contributed by atoms with Crippen molar-refractivity contribution in [3.63, 3.8) is 0 Å². The molecule has 120 valence electrons. The zero-order chi connectivity index (χ0) is 16.9. The zero-order valence-electron chi connectivity index (χ0n) is 12.8. The molecule has 3 aromatic rings. The van der Waals surface area contributed by atoms with Crippen LogP contribution in [0.25, 0.3) is 22.5 Å². The molecular weight excluding hydrogens is 328 g/mol. The van der Waals surface area contributed by atoms with E-state index in [-0.39, 0.29) is 11.9 Å². The Hall–Kier alpha value is -2.92. The van der Waals surface area contributed by atoms with Crippen molar-refractivity contribution in [1.29, 1.82) is 0 Å². The largest absolute Gasteiger partial charge is 0.465 e. The topological polar surface area (TPSA) is 65.2 Å². The Balaban J connectivity index is 1.81. The average Bonchev–Trinajstić information content (AvgIpc) is 3.13. The number of esters is 1. The van der Waals surface area contributed by atoms with Gasteiger partial charge in [-0.25, -0.2) is 4.79 Å². The van der Waals surface area contributed by atoms with Gasteiger partial charge in [-0.3, -0.25) is 0 Å². The number of hydrogen-bond donors (Lipinski definition) is 0. The number of carbonyl (C=O) groups is 1. The van der Waals surface area contributed by atoms with Crippen molar-refractivity contribution >= 4 is 28.7 Å². The van der Waals surface area contributed by atoms with Crippen LogP contribution in [0.5, 0.6) is 0 Å². The van der Waals surface area contributed by atoms with E-state index in [9.17, 15) is 4.79 Å². The number of aromatic nitrogens is 2. The summed E-state index contributed by atoms with van der Waals surface area (Å²) >= 11 is 6.24. The van der Waals surface area contributed by atoms with Gasteiger partial charge in [0.05, 0.1) is 12.7 Å². The zero-order valence-corrected chi connectivity index (χ0v) is 13.5. The van der Waals surface area contributed by atoms with Crippen molar-refractivity contribution in [3.8, 4) is 11.4 Å². The second-order valence-corrected chi connectivity index (χ2v) is 5.30. The number of hydrogen-bond acceptors (Lipinski definition) is 5. The van der Waals surface area contributed by atoms with Gasteiger partial charge in [0, 0.05) is 5.56 Å². The van der Waals surface area contributed by atoms with Crippen LogP contribution < -0.4 is 0 Å². The summed E-state index contributed by atoms with van der Waals surface area (Å²) < 4.78 is 9.85. The fraction of sp³-hybridized carbons (Fsp3) is 0.0556. The fourth-order valence-electron chi connectivity index (χ4n) is 2.07. The predicted octanol–water partition coefficient (Wildman–Crippen LogP) is 4.26. The van der Waals surface area contributed by atoms with Crippen LogP contribution in [0.4, 0.5) is 0 Å². The van der Waals surface area contributed by atoms with Gasteiger partial charge < -0.3 is 9.26 Å². The molecule has 1 heterocycles. The van der Waals surface area contributed by atoms with Gasteiger partial charge in [-0.05, 0) is 23.8 Å². The molecule has 0 amide bonds. The number of methoxy groups -OCH3 is 1. The Morgan fingerprint density at radius 3 is 2.50 bits per heavy atom. The number of rotatable bonds is 4. The minimum Gasteiger partial charge on any atom is -0.465 e. The average molecular weight is 341 g/mol. The van der Waals surface area contributed by atoms with E-state index in [1.807, 2.05) is 30.3 Å². The molecular formula is C18H13ClN2O3. The molecule has 0 N–H and O–H groups in total. The first-order chi connectivity index (χ1) is 11.7. The highest BCUT2D eigenvalue weighted by Crippen LogP contribution is 2.24. The molecule has 0 unspecified atom stereocenters. The van der Waals surface area contributed by atoms with Gasteiger partial charge in [-0.1, -0.05) is 59.2 Å². The van der Waals surface area contributed by atoms with Crippen LogP contribution >= 0.6 is 11.6 Å². The second-order valence-electron chi connectivity index (χ2n) is 4.90. The highest BCUT2D eigenvalue weighted by atomic mass is 35.5. The molecule has 5 nitrogen and oxygen atoms in total. The summed E-state index contributed by atoms with van der Waals surface area (Å²) in [7, 11) is 1.34. The van der Waals surface area contributed by atoms with Crippen LogP contribution in [-0.2, 0) is 4.74 Å². The maximum Gasteiger partial charge on any atom is 0.337 e. The van der Waals surface area contributed by atoms with Crippen molar-refractivity contribution in [2.75, 3.05) is 7.11 Å². The first-order valence-electron chi connectivity index (χ1n) is 7.12. The normalized spacial score (nSPS) is 11.3. The highest BCUT2D eigenvalue weighted by molar-refractivity contribution is 6.50. The van der Waals surface area contributed by atoms with Gasteiger partial charge >= 0.3 is 5.97 Å². The molecule has 6 heteroatoms. The molecule has 24 heavy (non-hydrogen) atoms. The van der Waals surface area contributed by atoms with Crippen molar-refractivity contribution < 1.29 is 14.1 Å². The molecule has 0 atom stereocenters. The van der Waals surface area contributed by atoms with Crippen LogP contribution in [0.3, 0.4) is 0 Å². The van der Waals surface area contributed by atoms with E-state index in [4.69, 9.17) is 16.1 Å². The Morgan fingerprint density at radius 2 is 1.83 bits per heavy atom. The monoisotopic (exact) mass is 340 g/mol. The lowest BCUT2D eigenvalue weighted by Crippen LogP contribution is -2.00. The molecule has 1 aromatic heterocycles. The van der Waals surface area contributed by atoms with E-state index in [0.717, 1.165) is 11.1 Å². The Bertz CT molecular complexity index is 871. The van der Waals surface area contributed by atoms with Gasteiger partial charge in [0.25, 0.3) is 5.89 Å². The van der Waals surface area contributed by atoms with Gasteiger partial charge in [0.2, 0.25) is 5.82 Å². The third kappa shape index (κ3) is 3.52. The SMILES string of the molecule is COC(=O)c1ccc(/C=C(\Cl)c2nc(-c3ccccc3)no2)cc1. The molecule has 3 rings (SSSR count). The second kappa shape index (κ2) is 7.10. The molecule has 0 radical (unpaired) electrons. The fourth-order valence-corrected chi connectivity index (χ4v) is 2.27. The van der Waals surface area contributed by atoms with E-state index in [1.165, 1.54) is 7.11 Å². The summed E-state index contributed by atoms with van der Waals surface area (Å²) in [6, 6.07) is 16.3. The molecule has 0 bridgehead atoms. The molecule has 0 saturated carbocycles. The minimum atomic E-state index is -0.388. The molecule has 0 aliphatic carbocycles. The number of carbonyl (C=O) groups excluding carboxylic acids is 1. The molecule has 0 saturated heterocycles. The summed E-state index contributed by atoms with van der Waals surface area (Å²) in [6.45, 7) is 0. The van der Waals surface area contributed by atoms with Crippen molar-refractivity contribution in [3.05, 3.63) is 71.6 Å². The number of halogens is 1. The van der Waals surface area contributed by atoms with Crippen LogP contribution in [0.15, 0.2) is 59.1 Å². The summed E-state index contributed by atoms with van der Waals surface area (Å²) in [5, 5.41) is 4.24. The van der Waals surface area contributed by atoms with E-state index in [2.05, 4.69) is 14.9 Å². The number of benzene rings is 2. The summed E-state index contributed by atoms with van der Waals surface area (Å²) in [6.07, 6.45) is 1.69. The maximum atomic E-state index is 11.4. The van der Waals surface area contributed by atoms with Crippen molar-refractivity contribution in [1.82, 2.24) is 10.1 Å². The Labute approximate surface area is 143 Å². The van der Waals surface area contributed by atoms with E-state index in [0.29, 0.717) is 16.4 Å². The quantitative estimate of drug-likeness (QED) is 0.664. The number of nitrogens with zero attached hydrogens (tertiary/aromatic N) is 2. The van der Waals surface area contributed by atoms with Gasteiger partial charge in [0.1, 0.15) is 5.03 Å². The standard InChI is InChI=1S/C18H13ClN2O3/c1-23-18(22)14-9-7-12(8-10-14)11-15(19)17-20-16(21-24-17)13-5-3-2-4-6-13/h2-11H,1H3/b15-11-. The van der Waals surface area contributed by atoms with Crippen molar-refractivity contribution in [2.24, 2.45) is 0 Å². The van der Waals surface area contributed by atoms with Gasteiger partial charge in [-0.2, -0.15) is 4.98 Å². The summed E-state index contributed by atoms with van der Waals surface area (Å²) in [4.78, 5) is 15.7. The van der Waals surface area contributed by atoms with Crippen LogP contribution in [-0.4, -0.2) is 23.2 Å². The molecule has 0 spiro atoms. The van der Waals surface area contributed by atoms with Crippen LogP contribution in [0.2, 0.25) is 0 Å².